The molecular weight excluding hydrogens is 505 g/mol. The van der Waals surface area contributed by atoms with Gasteiger partial charge in [0.1, 0.15) is 11.6 Å². The van der Waals surface area contributed by atoms with Crippen LogP contribution in [0.15, 0.2) is 78.9 Å². The smallest absolute Gasteiger partial charge is 0.118 e. The number of imidazole rings is 1. The topological polar surface area (TPSA) is 61.8 Å². The fourth-order valence-corrected chi connectivity index (χ4v) is 5.17. The molecule has 0 atom stereocenters. The first-order valence-corrected chi connectivity index (χ1v) is 12.6. The van der Waals surface area contributed by atoms with Gasteiger partial charge in [-0.25, -0.2) is 4.98 Å². The number of aryl methyl sites for hydroxylation is 2. The Kier molecular flexibility index (Phi) is 12.4. The van der Waals surface area contributed by atoms with Crippen LogP contribution in [0, 0.1) is 5.92 Å². The minimum absolute atomic E-state index is 0. The van der Waals surface area contributed by atoms with Crippen molar-refractivity contribution in [3.8, 4) is 5.75 Å². The number of benzene rings is 3. The highest BCUT2D eigenvalue weighted by Gasteiger charge is 2.22. The molecule has 2 heterocycles. The number of likely N-dealkylation sites (tertiary alicyclic amines) is 1. The highest BCUT2D eigenvalue weighted by Crippen LogP contribution is 2.25. The third-order valence-corrected chi connectivity index (χ3v) is 7.25. The van der Waals surface area contributed by atoms with E-state index in [1.807, 2.05) is 0 Å². The molecule has 4 aromatic rings. The Balaban J connectivity index is 0.00000160. The molecule has 0 unspecified atom stereocenters. The molecule has 0 radical (unpaired) electrons. The zero-order chi connectivity index (χ0) is 23.2. The lowest BCUT2D eigenvalue weighted by molar-refractivity contribution is 0.184. The molecule has 5 rings (SSSR count). The van der Waals surface area contributed by atoms with E-state index in [1.165, 1.54) is 48.4 Å². The van der Waals surface area contributed by atoms with Gasteiger partial charge in [-0.05, 0) is 80.1 Å². The molecule has 200 valence electrons. The molecule has 1 aliphatic rings. The van der Waals surface area contributed by atoms with E-state index in [0.29, 0.717) is 5.92 Å². The van der Waals surface area contributed by atoms with Crippen LogP contribution in [0.25, 0.3) is 11.0 Å². The third-order valence-electron chi connectivity index (χ3n) is 7.25. The van der Waals surface area contributed by atoms with Gasteiger partial charge in [0.15, 0.2) is 0 Å². The molecule has 7 heteroatoms. The standard InChI is InChI=1S/C30H35N3O.2ClH.H2O/c1-34-27-13-11-25(12-14-27)15-19-32-20-16-26(17-21-32)23-30-31-28-9-5-6-10-29(28)33(30)22-18-24-7-3-2-4-8-24;;;/h2-14,26H,15-23H2,1H3;2*1H;1H2. The van der Waals surface area contributed by atoms with E-state index in [4.69, 9.17) is 9.72 Å². The van der Waals surface area contributed by atoms with Crippen LogP contribution >= 0.6 is 24.8 Å². The van der Waals surface area contributed by atoms with Gasteiger partial charge >= 0.3 is 0 Å². The number of hydrogen-bond acceptors (Lipinski definition) is 3. The first kappa shape index (κ1) is 30.7. The summed E-state index contributed by atoms with van der Waals surface area (Å²) in [5.74, 6) is 2.90. The summed E-state index contributed by atoms with van der Waals surface area (Å²) < 4.78 is 7.74. The van der Waals surface area contributed by atoms with Crippen molar-refractivity contribution in [3.05, 3.63) is 95.8 Å². The van der Waals surface area contributed by atoms with Crippen LogP contribution in [-0.2, 0) is 25.8 Å². The third kappa shape index (κ3) is 7.96. The van der Waals surface area contributed by atoms with Crippen molar-refractivity contribution in [2.24, 2.45) is 5.92 Å². The molecule has 3 aromatic carbocycles. The molecule has 2 N–H and O–H groups in total. The van der Waals surface area contributed by atoms with E-state index in [1.54, 1.807) is 7.11 Å². The van der Waals surface area contributed by atoms with Crippen LogP contribution in [0.3, 0.4) is 0 Å². The van der Waals surface area contributed by atoms with Crippen molar-refractivity contribution in [1.82, 2.24) is 14.5 Å². The fraction of sp³-hybridized carbons (Fsp3) is 0.367. The zero-order valence-electron chi connectivity index (χ0n) is 21.5. The predicted octanol–water partition coefficient (Wildman–Crippen LogP) is 5.80. The molecule has 1 fully saturated rings. The van der Waals surface area contributed by atoms with Crippen molar-refractivity contribution in [1.29, 1.82) is 0 Å². The van der Waals surface area contributed by atoms with Crippen molar-refractivity contribution in [2.75, 3.05) is 26.7 Å². The van der Waals surface area contributed by atoms with Crippen molar-refractivity contribution < 1.29 is 10.2 Å². The summed E-state index contributed by atoms with van der Waals surface area (Å²) in [6.45, 7) is 4.49. The van der Waals surface area contributed by atoms with Gasteiger partial charge in [0.05, 0.1) is 18.1 Å². The van der Waals surface area contributed by atoms with Gasteiger partial charge in [-0.3, -0.25) is 0 Å². The number of halogens is 2. The number of methoxy groups -OCH3 is 1. The molecule has 0 saturated carbocycles. The average molecular weight is 545 g/mol. The maximum atomic E-state index is 5.27. The van der Waals surface area contributed by atoms with Crippen LogP contribution < -0.4 is 4.74 Å². The Labute approximate surface area is 233 Å². The van der Waals surface area contributed by atoms with Crippen molar-refractivity contribution >= 4 is 35.8 Å². The lowest BCUT2D eigenvalue weighted by Gasteiger charge is -2.32. The van der Waals surface area contributed by atoms with Gasteiger partial charge in [-0.2, -0.15) is 0 Å². The van der Waals surface area contributed by atoms with Crippen LogP contribution in [0.5, 0.6) is 5.75 Å². The van der Waals surface area contributed by atoms with Crippen molar-refractivity contribution in [3.63, 3.8) is 0 Å². The summed E-state index contributed by atoms with van der Waals surface area (Å²) in [6, 6.07) is 27.9. The van der Waals surface area contributed by atoms with Crippen molar-refractivity contribution in [2.45, 2.75) is 38.6 Å². The lowest BCUT2D eigenvalue weighted by Crippen LogP contribution is -2.36. The summed E-state index contributed by atoms with van der Waals surface area (Å²) in [5.41, 5.74) is 5.17. The molecular formula is C30H39Cl2N3O2. The number of aromatic nitrogens is 2. The predicted molar refractivity (Wildman–Crippen MR) is 158 cm³/mol. The van der Waals surface area contributed by atoms with E-state index in [9.17, 15) is 0 Å². The molecule has 0 bridgehead atoms. The number of hydrogen-bond donors (Lipinski definition) is 0. The molecule has 1 saturated heterocycles. The van der Waals surface area contributed by atoms with Gasteiger partial charge in [0, 0.05) is 19.5 Å². The number of rotatable bonds is 9. The quantitative estimate of drug-likeness (QED) is 0.268. The summed E-state index contributed by atoms with van der Waals surface area (Å²) in [5, 5.41) is 0. The average Bonchev–Trinajstić information content (AvgIpc) is 3.24. The minimum Gasteiger partial charge on any atom is -0.497 e. The lowest BCUT2D eigenvalue weighted by atomic mass is 9.93. The molecule has 1 aliphatic heterocycles. The summed E-state index contributed by atoms with van der Waals surface area (Å²) >= 11 is 0. The van der Waals surface area contributed by atoms with E-state index in [-0.39, 0.29) is 30.3 Å². The van der Waals surface area contributed by atoms with Crippen LogP contribution in [-0.4, -0.2) is 46.7 Å². The second kappa shape index (κ2) is 15.0. The first-order valence-electron chi connectivity index (χ1n) is 12.6. The van der Waals surface area contributed by atoms with Crippen LogP contribution in [0.4, 0.5) is 0 Å². The second-order valence-corrected chi connectivity index (χ2v) is 9.49. The Bertz CT molecular complexity index is 1190. The Morgan fingerprint density at radius 3 is 2.11 bits per heavy atom. The van der Waals surface area contributed by atoms with Gasteiger partial charge in [0.25, 0.3) is 0 Å². The summed E-state index contributed by atoms with van der Waals surface area (Å²) in [7, 11) is 1.72. The summed E-state index contributed by atoms with van der Waals surface area (Å²) in [6.07, 6.45) is 5.73. The van der Waals surface area contributed by atoms with E-state index in [0.717, 1.165) is 43.6 Å². The maximum Gasteiger partial charge on any atom is 0.118 e. The number of piperidine rings is 1. The number of fused-ring (bicyclic) bond motifs is 1. The summed E-state index contributed by atoms with van der Waals surface area (Å²) in [4.78, 5) is 7.69. The highest BCUT2D eigenvalue weighted by molar-refractivity contribution is 5.85. The van der Waals surface area contributed by atoms with Crippen LogP contribution in [0.2, 0.25) is 0 Å². The van der Waals surface area contributed by atoms with E-state index in [2.05, 4.69) is 88.3 Å². The first-order chi connectivity index (χ1) is 16.8. The molecule has 0 amide bonds. The van der Waals surface area contributed by atoms with E-state index >= 15 is 0 Å². The second-order valence-electron chi connectivity index (χ2n) is 9.49. The molecule has 37 heavy (non-hydrogen) atoms. The monoisotopic (exact) mass is 543 g/mol. The number of ether oxygens (including phenoxy) is 1. The van der Waals surface area contributed by atoms with Gasteiger partial charge < -0.3 is 19.7 Å². The van der Waals surface area contributed by atoms with Gasteiger partial charge in [0.2, 0.25) is 0 Å². The Morgan fingerprint density at radius 2 is 1.41 bits per heavy atom. The molecule has 0 aliphatic carbocycles. The maximum absolute atomic E-state index is 5.27. The Hall–Kier alpha value is -2.57. The largest absolute Gasteiger partial charge is 0.497 e. The number of para-hydroxylation sites is 2. The minimum atomic E-state index is 0. The normalized spacial score (nSPS) is 13.9. The van der Waals surface area contributed by atoms with Gasteiger partial charge in [-0.15, -0.1) is 24.8 Å². The number of nitrogens with zero attached hydrogens (tertiary/aromatic N) is 3. The molecule has 1 aromatic heterocycles. The van der Waals surface area contributed by atoms with Crippen LogP contribution in [0.1, 0.15) is 29.8 Å². The molecule has 0 spiro atoms. The highest BCUT2D eigenvalue weighted by atomic mass is 35.5. The Morgan fingerprint density at radius 1 is 0.784 bits per heavy atom. The van der Waals surface area contributed by atoms with Gasteiger partial charge in [-0.1, -0.05) is 54.6 Å². The molecule has 5 nitrogen and oxygen atoms in total. The van der Waals surface area contributed by atoms with E-state index < -0.39 is 0 Å². The fourth-order valence-electron chi connectivity index (χ4n) is 5.17. The SMILES string of the molecule is COc1ccc(CCN2CCC(Cc3nc4ccccc4n3CCc3ccccc3)CC2)cc1.Cl.Cl.O. The zero-order valence-corrected chi connectivity index (χ0v) is 23.1.